The highest BCUT2D eigenvalue weighted by molar-refractivity contribution is 6.31. The first kappa shape index (κ1) is 19.5. The van der Waals surface area contributed by atoms with E-state index >= 15 is 0 Å². The summed E-state index contributed by atoms with van der Waals surface area (Å²) < 4.78 is 5.43. The Morgan fingerprint density at radius 2 is 1.81 bits per heavy atom. The minimum Gasteiger partial charge on any atom is -0.485 e. The van der Waals surface area contributed by atoms with Gasteiger partial charge in [-0.05, 0) is 30.2 Å². The maximum atomic E-state index is 12.3. The van der Waals surface area contributed by atoms with E-state index in [2.05, 4.69) is 5.32 Å². The van der Waals surface area contributed by atoms with Gasteiger partial charge in [-0.2, -0.15) is 0 Å². The predicted octanol–water partition coefficient (Wildman–Crippen LogP) is 2.38. The van der Waals surface area contributed by atoms with Crippen LogP contribution in [0.2, 0.25) is 5.02 Å². The fraction of sp³-hybridized carbons (Fsp3) is 0.211. The molecular weight excluding hydrogens is 356 g/mol. The number of nitrogens with two attached hydrogens (primary N) is 1. The Labute approximate surface area is 156 Å². The van der Waals surface area contributed by atoms with Gasteiger partial charge in [0, 0.05) is 24.1 Å². The summed E-state index contributed by atoms with van der Waals surface area (Å²) in [4.78, 5) is 34.5. The summed E-state index contributed by atoms with van der Waals surface area (Å²) in [7, 11) is 0. The van der Waals surface area contributed by atoms with E-state index in [9.17, 15) is 14.4 Å². The largest absolute Gasteiger partial charge is 0.485 e. The number of ether oxygens (including phenoxy) is 1. The number of hydrogen-bond donors (Lipinski definition) is 2. The van der Waals surface area contributed by atoms with Gasteiger partial charge in [-0.15, -0.1) is 0 Å². The van der Waals surface area contributed by atoms with Gasteiger partial charge in [-0.25, -0.2) is 0 Å². The Morgan fingerprint density at radius 1 is 1.12 bits per heavy atom. The molecule has 0 aliphatic rings. The van der Waals surface area contributed by atoms with Gasteiger partial charge in [0.05, 0.1) is 5.56 Å². The first-order valence-corrected chi connectivity index (χ1v) is 8.33. The van der Waals surface area contributed by atoms with E-state index in [1.165, 1.54) is 19.1 Å². The molecule has 136 valence electrons. The molecule has 26 heavy (non-hydrogen) atoms. The number of hydrogen-bond acceptors (Lipinski definition) is 4. The number of Topliss-reactive ketones (excluding diaryl/α,β-unsaturated/α-hetero) is 1. The molecule has 0 saturated heterocycles. The number of primary amides is 1. The van der Waals surface area contributed by atoms with Crippen LogP contribution in [0.4, 0.5) is 0 Å². The van der Waals surface area contributed by atoms with Gasteiger partial charge in [0.25, 0.3) is 5.91 Å². The summed E-state index contributed by atoms with van der Waals surface area (Å²) in [6, 6.07) is 11.5. The molecule has 0 saturated carbocycles. The van der Waals surface area contributed by atoms with Crippen molar-refractivity contribution in [2.24, 2.45) is 5.73 Å². The second-order valence-electron chi connectivity index (χ2n) is 5.65. The standard InChI is InChI=1S/C19H19ClN2O4/c1-12(23)22-9-8-13-2-4-14(5-3-13)17(24)11-26-18-7-6-15(20)10-16(18)19(21)25/h2-7,10H,8-9,11H2,1H3,(H2,21,25)(H,22,23). The molecule has 0 aliphatic carbocycles. The number of ketones is 1. The first-order valence-electron chi connectivity index (χ1n) is 7.95. The van der Waals surface area contributed by atoms with Crippen LogP contribution in [-0.4, -0.2) is 30.7 Å². The zero-order valence-corrected chi connectivity index (χ0v) is 15.0. The van der Waals surface area contributed by atoms with E-state index in [0.717, 1.165) is 5.56 Å². The van der Waals surface area contributed by atoms with Gasteiger partial charge in [0.1, 0.15) is 5.75 Å². The summed E-state index contributed by atoms with van der Waals surface area (Å²) in [5.74, 6) is -0.782. The third-order valence-electron chi connectivity index (χ3n) is 3.63. The minimum absolute atomic E-state index is 0.0773. The van der Waals surface area contributed by atoms with Crippen molar-refractivity contribution in [2.75, 3.05) is 13.2 Å². The van der Waals surface area contributed by atoms with Crippen LogP contribution < -0.4 is 15.8 Å². The first-order chi connectivity index (χ1) is 12.4. The van der Waals surface area contributed by atoms with Gasteiger partial charge in [-0.1, -0.05) is 35.9 Å². The lowest BCUT2D eigenvalue weighted by Gasteiger charge is -2.10. The molecule has 7 heteroatoms. The Bertz CT molecular complexity index is 819. The van der Waals surface area contributed by atoms with Crippen LogP contribution in [0.25, 0.3) is 0 Å². The molecule has 6 nitrogen and oxygen atoms in total. The second kappa shape index (κ2) is 9.01. The van der Waals surface area contributed by atoms with Crippen LogP contribution >= 0.6 is 11.6 Å². The fourth-order valence-corrected chi connectivity index (χ4v) is 2.46. The molecule has 0 radical (unpaired) electrons. The summed E-state index contributed by atoms with van der Waals surface area (Å²) >= 11 is 5.83. The molecule has 0 aromatic heterocycles. The van der Waals surface area contributed by atoms with Crippen molar-refractivity contribution in [3.63, 3.8) is 0 Å². The maximum absolute atomic E-state index is 12.3. The quantitative estimate of drug-likeness (QED) is 0.693. The van der Waals surface area contributed by atoms with Gasteiger partial charge in [0.15, 0.2) is 12.4 Å². The third-order valence-corrected chi connectivity index (χ3v) is 3.86. The van der Waals surface area contributed by atoms with Crippen LogP contribution in [0, 0.1) is 0 Å². The minimum atomic E-state index is -0.682. The van der Waals surface area contributed by atoms with Crippen molar-refractivity contribution in [1.82, 2.24) is 5.32 Å². The predicted molar refractivity (Wildman–Crippen MR) is 98.6 cm³/mol. The van der Waals surface area contributed by atoms with E-state index in [4.69, 9.17) is 22.1 Å². The SMILES string of the molecule is CC(=O)NCCc1ccc(C(=O)COc2ccc(Cl)cc2C(N)=O)cc1. The Kier molecular flexibility index (Phi) is 6.74. The topological polar surface area (TPSA) is 98.5 Å². The summed E-state index contributed by atoms with van der Waals surface area (Å²) in [6.07, 6.45) is 0.678. The maximum Gasteiger partial charge on any atom is 0.252 e. The van der Waals surface area contributed by atoms with Crippen molar-refractivity contribution in [3.05, 3.63) is 64.2 Å². The van der Waals surface area contributed by atoms with Crippen LogP contribution in [0.15, 0.2) is 42.5 Å². The van der Waals surface area contributed by atoms with E-state index in [1.807, 2.05) is 12.1 Å². The van der Waals surface area contributed by atoms with Crippen molar-refractivity contribution < 1.29 is 19.1 Å². The van der Waals surface area contributed by atoms with Crippen molar-refractivity contribution in [3.8, 4) is 5.75 Å². The number of carbonyl (C=O) groups excluding carboxylic acids is 3. The van der Waals surface area contributed by atoms with Crippen LogP contribution in [0.3, 0.4) is 0 Å². The number of halogens is 1. The number of rotatable bonds is 8. The molecule has 2 amide bonds. The lowest BCUT2D eigenvalue weighted by atomic mass is 10.1. The molecule has 0 unspecified atom stereocenters. The molecule has 0 aliphatic heterocycles. The zero-order valence-electron chi connectivity index (χ0n) is 14.3. The monoisotopic (exact) mass is 374 g/mol. The lowest BCUT2D eigenvalue weighted by molar-refractivity contribution is -0.118. The molecule has 2 rings (SSSR count). The number of benzene rings is 2. The van der Waals surface area contributed by atoms with Crippen LogP contribution in [0.5, 0.6) is 5.75 Å². The lowest BCUT2D eigenvalue weighted by Crippen LogP contribution is -2.22. The summed E-state index contributed by atoms with van der Waals surface area (Å²) in [5.41, 5.74) is 6.90. The highest BCUT2D eigenvalue weighted by Crippen LogP contribution is 2.22. The van der Waals surface area contributed by atoms with Crippen LogP contribution in [0.1, 0.15) is 33.2 Å². The smallest absolute Gasteiger partial charge is 0.252 e. The van der Waals surface area contributed by atoms with Gasteiger partial charge in [0.2, 0.25) is 5.91 Å². The van der Waals surface area contributed by atoms with Gasteiger partial charge in [-0.3, -0.25) is 14.4 Å². The van der Waals surface area contributed by atoms with E-state index in [1.54, 1.807) is 18.2 Å². The van der Waals surface area contributed by atoms with Crippen molar-refractivity contribution >= 4 is 29.2 Å². The van der Waals surface area contributed by atoms with Crippen molar-refractivity contribution in [2.45, 2.75) is 13.3 Å². The average Bonchev–Trinajstić information content (AvgIpc) is 2.60. The number of amides is 2. The highest BCUT2D eigenvalue weighted by Gasteiger charge is 2.13. The molecule has 3 N–H and O–H groups in total. The third kappa shape index (κ3) is 5.60. The molecule has 0 atom stereocenters. The second-order valence-corrected chi connectivity index (χ2v) is 6.08. The fourth-order valence-electron chi connectivity index (χ4n) is 2.29. The summed E-state index contributed by atoms with van der Waals surface area (Å²) in [6.45, 7) is 1.78. The van der Waals surface area contributed by atoms with E-state index in [0.29, 0.717) is 23.6 Å². The molecule has 0 bridgehead atoms. The van der Waals surface area contributed by atoms with Crippen molar-refractivity contribution in [1.29, 1.82) is 0 Å². The highest BCUT2D eigenvalue weighted by atomic mass is 35.5. The number of carbonyl (C=O) groups is 3. The molecular formula is C19H19ClN2O4. The Morgan fingerprint density at radius 3 is 2.42 bits per heavy atom. The number of nitrogens with one attached hydrogen (secondary N) is 1. The molecule has 0 spiro atoms. The molecule has 0 heterocycles. The molecule has 2 aromatic rings. The Balaban J connectivity index is 1.96. The van der Waals surface area contributed by atoms with Gasteiger partial charge >= 0.3 is 0 Å². The van der Waals surface area contributed by atoms with Gasteiger partial charge < -0.3 is 15.8 Å². The Hall–Kier alpha value is -2.86. The zero-order chi connectivity index (χ0) is 19.1. The van der Waals surface area contributed by atoms with Crippen LogP contribution in [-0.2, 0) is 11.2 Å². The van der Waals surface area contributed by atoms with E-state index in [-0.39, 0.29) is 29.6 Å². The average molecular weight is 375 g/mol. The normalized spacial score (nSPS) is 10.2. The molecule has 0 fully saturated rings. The summed E-state index contributed by atoms with van der Waals surface area (Å²) in [5, 5.41) is 3.07. The molecule has 2 aromatic carbocycles. The van der Waals surface area contributed by atoms with E-state index < -0.39 is 5.91 Å².